The van der Waals surface area contributed by atoms with Crippen molar-refractivity contribution < 1.29 is 23.7 Å². The van der Waals surface area contributed by atoms with Crippen molar-refractivity contribution in [3.8, 4) is 23.1 Å². The van der Waals surface area contributed by atoms with Crippen LogP contribution in [-0.4, -0.2) is 65.9 Å². The van der Waals surface area contributed by atoms with Crippen LogP contribution >= 0.6 is 0 Å². The highest BCUT2D eigenvalue weighted by Gasteiger charge is 2.33. The highest BCUT2D eigenvalue weighted by molar-refractivity contribution is 5.75. The summed E-state index contributed by atoms with van der Waals surface area (Å²) in [5.74, 6) is 2.66. The van der Waals surface area contributed by atoms with Gasteiger partial charge in [0.05, 0.1) is 26.7 Å². The number of methoxy groups -OCH3 is 3. The van der Waals surface area contributed by atoms with E-state index in [-0.39, 0.29) is 12.1 Å². The smallest absolute Gasteiger partial charge is 0.311 e. The van der Waals surface area contributed by atoms with Gasteiger partial charge in [-0.05, 0) is 45.7 Å². The number of hydrogen-bond acceptors (Lipinski definition) is 9. The monoisotopic (exact) mass is 523 g/mol. The van der Waals surface area contributed by atoms with Crippen LogP contribution in [0.2, 0.25) is 0 Å². The maximum Gasteiger partial charge on any atom is 0.311 e. The van der Waals surface area contributed by atoms with E-state index in [1.54, 1.807) is 39.7 Å². The summed E-state index contributed by atoms with van der Waals surface area (Å²) < 4.78 is 24.0. The summed E-state index contributed by atoms with van der Waals surface area (Å²) in [4.78, 5) is 23.7. The molecule has 3 aromatic rings. The molecule has 4 rings (SSSR count). The summed E-state index contributed by atoms with van der Waals surface area (Å²) in [6.45, 7) is 12.0. The lowest BCUT2D eigenvalue weighted by molar-refractivity contribution is -0.167. The lowest BCUT2D eigenvalue weighted by Gasteiger charge is -2.39. The third-order valence-electron chi connectivity index (χ3n) is 6.45. The molecule has 0 aliphatic carbocycles. The molecule has 0 atom stereocenters. The summed E-state index contributed by atoms with van der Waals surface area (Å²) in [7, 11) is 4.72. The average molecular weight is 524 g/mol. The minimum atomic E-state index is -0.483. The van der Waals surface area contributed by atoms with Crippen molar-refractivity contribution in [2.75, 3.05) is 39.7 Å². The molecule has 1 fully saturated rings. The second kappa shape index (κ2) is 10.9. The molecule has 10 nitrogen and oxygen atoms in total. The summed E-state index contributed by atoms with van der Waals surface area (Å²) in [6, 6.07) is 3.61. The van der Waals surface area contributed by atoms with Crippen LogP contribution in [0.15, 0.2) is 30.7 Å². The fraction of sp³-hybridized carbons (Fsp3) is 0.464. The van der Waals surface area contributed by atoms with E-state index in [1.165, 1.54) is 5.56 Å². The predicted molar refractivity (Wildman–Crippen MR) is 145 cm³/mol. The van der Waals surface area contributed by atoms with Crippen LogP contribution in [0.3, 0.4) is 0 Å². The summed E-state index contributed by atoms with van der Waals surface area (Å²) in [6.07, 6.45) is 5.92. The quantitative estimate of drug-likeness (QED) is 0.408. The molecule has 1 aliphatic rings. The Hall–Kier alpha value is -3.79. The average Bonchev–Trinajstić information content (AvgIpc) is 3.22. The maximum atomic E-state index is 12.1. The van der Waals surface area contributed by atoms with Crippen molar-refractivity contribution >= 4 is 17.6 Å². The molecule has 10 heteroatoms. The molecule has 0 amide bonds. The molecule has 0 spiro atoms. The standard InChI is InChI=1S/C28H37N5O5/c1-17-11-29-27(30-20-9-22(35-6)24(37-8)23(10-20)36-7)31-25(17)33-12-18(2)19(14-33)13-32-15-21(16-32)38-26(34)28(3,4)5/h9-12,14,21H,13,15-16H2,1-8H3,(H,29,30,31). The van der Waals surface area contributed by atoms with Gasteiger partial charge in [-0.15, -0.1) is 0 Å². The fourth-order valence-electron chi connectivity index (χ4n) is 4.22. The van der Waals surface area contributed by atoms with Crippen LogP contribution in [0.4, 0.5) is 11.6 Å². The van der Waals surface area contributed by atoms with Crippen LogP contribution in [0.1, 0.15) is 37.5 Å². The summed E-state index contributed by atoms with van der Waals surface area (Å²) in [5.41, 5.74) is 3.53. The van der Waals surface area contributed by atoms with E-state index in [9.17, 15) is 4.79 Å². The van der Waals surface area contributed by atoms with E-state index >= 15 is 0 Å². The number of rotatable bonds is 9. The molecule has 0 unspecified atom stereocenters. The number of aromatic nitrogens is 3. The van der Waals surface area contributed by atoms with Crippen molar-refractivity contribution in [3.05, 3.63) is 47.4 Å². The zero-order valence-corrected chi connectivity index (χ0v) is 23.4. The third-order valence-corrected chi connectivity index (χ3v) is 6.45. The van der Waals surface area contributed by atoms with E-state index in [4.69, 9.17) is 23.9 Å². The number of esters is 1. The van der Waals surface area contributed by atoms with Crippen molar-refractivity contribution in [1.29, 1.82) is 0 Å². The number of ether oxygens (including phenoxy) is 4. The van der Waals surface area contributed by atoms with Crippen LogP contribution in [0, 0.1) is 19.3 Å². The summed E-state index contributed by atoms with van der Waals surface area (Å²) in [5, 5.41) is 3.24. The van der Waals surface area contributed by atoms with Crippen LogP contribution < -0.4 is 19.5 Å². The number of carbonyl (C=O) groups is 1. The molecule has 3 heterocycles. The number of likely N-dealkylation sites (tertiary alicyclic amines) is 1. The number of anilines is 2. The zero-order valence-electron chi connectivity index (χ0n) is 23.4. The first-order valence-corrected chi connectivity index (χ1v) is 12.5. The Kier molecular flexibility index (Phi) is 7.82. The van der Waals surface area contributed by atoms with Crippen LogP contribution in [-0.2, 0) is 16.1 Å². The lowest BCUT2D eigenvalue weighted by Crippen LogP contribution is -2.53. The number of carbonyl (C=O) groups excluding carboxylic acids is 1. The van der Waals surface area contributed by atoms with E-state index < -0.39 is 5.41 Å². The highest BCUT2D eigenvalue weighted by atomic mass is 16.5. The topological polar surface area (TPSA) is 100.0 Å². The first-order chi connectivity index (χ1) is 18.0. The van der Waals surface area contributed by atoms with E-state index in [2.05, 4.69) is 34.5 Å². The number of benzene rings is 1. The second-order valence-corrected chi connectivity index (χ2v) is 10.6. The van der Waals surface area contributed by atoms with Gasteiger partial charge in [-0.1, -0.05) is 0 Å². The van der Waals surface area contributed by atoms with Gasteiger partial charge in [0.2, 0.25) is 11.7 Å². The van der Waals surface area contributed by atoms with Gasteiger partial charge in [0.1, 0.15) is 11.9 Å². The third kappa shape index (κ3) is 5.85. The Morgan fingerprint density at radius 3 is 2.26 bits per heavy atom. The predicted octanol–water partition coefficient (Wildman–Crippen LogP) is 4.43. The van der Waals surface area contributed by atoms with Gasteiger partial charge < -0.3 is 28.8 Å². The van der Waals surface area contributed by atoms with Gasteiger partial charge in [0.25, 0.3) is 0 Å². The van der Waals surface area contributed by atoms with Crippen molar-refractivity contribution in [1.82, 2.24) is 19.4 Å². The Balaban J connectivity index is 1.47. The zero-order chi connectivity index (χ0) is 27.6. The van der Waals surface area contributed by atoms with Gasteiger partial charge in [-0.2, -0.15) is 4.98 Å². The summed E-state index contributed by atoms with van der Waals surface area (Å²) >= 11 is 0. The molecule has 204 valence electrons. The Labute approximate surface area is 223 Å². The largest absolute Gasteiger partial charge is 0.493 e. The minimum Gasteiger partial charge on any atom is -0.493 e. The molecule has 0 bridgehead atoms. The number of hydrogen-bond donors (Lipinski definition) is 1. The second-order valence-electron chi connectivity index (χ2n) is 10.6. The maximum absolute atomic E-state index is 12.1. The van der Waals surface area contributed by atoms with E-state index in [1.807, 2.05) is 32.3 Å². The first-order valence-electron chi connectivity index (χ1n) is 12.5. The Bertz CT molecular complexity index is 1280. The minimum absolute atomic E-state index is 0.0444. The van der Waals surface area contributed by atoms with Gasteiger partial charge in [-0.25, -0.2) is 4.98 Å². The van der Waals surface area contributed by atoms with E-state index in [0.29, 0.717) is 28.9 Å². The highest BCUT2D eigenvalue weighted by Crippen LogP contribution is 2.40. The molecular formula is C28H37N5O5. The molecule has 38 heavy (non-hydrogen) atoms. The lowest BCUT2D eigenvalue weighted by atomic mass is 9.97. The van der Waals surface area contributed by atoms with Crippen LogP contribution in [0.25, 0.3) is 5.82 Å². The van der Waals surface area contributed by atoms with Crippen molar-refractivity contribution in [2.24, 2.45) is 5.41 Å². The number of nitrogens with zero attached hydrogens (tertiary/aromatic N) is 4. The van der Waals surface area contributed by atoms with Crippen molar-refractivity contribution in [3.63, 3.8) is 0 Å². The van der Waals surface area contributed by atoms with Gasteiger partial charge in [0, 0.05) is 61.6 Å². The fourth-order valence-corrected chi connectivity index (χ4v) is 4.22. The molecule has 1 aromatic carbocycles. The van der Waals surface area contributed by atoms with E-state index in [0.717, 1.165) is 36.6 Å². The Morgan fingerprint density at radius 1 is 1.03 bits per heavy atom. The normalized spacial score (nSPS) is 14.1. The number of aryl methyl sites for hydroxylation is 2. The molecule has 1 N–H and O–H groups in total. The SMILES string of the molecule is COc1cc(Nc2ncc(C)c(-n3cc(C)c(CN4CC(OC(=O)C(C)(C)C)C4)c3)n2)cc(OC)c1OC. The van der Waals surface area contributed by atoms with Gasteiger partial charge in [0.15, 0.2) is 11.5 Å². The molecular weight excluding hydrogens is 486 g/mol. The Morgan fingerprint density at radius 2 is 1.68 bits per heavy atom. The molecule has 0 radical (unpaired) electrons. The van der Waals surface area contributed by atoms with Gasteiger partial charge in [-0.3, -0.25) is 9.69 Å². The molecule has 0 saturated carbocycles. The van der Waals surface area contributed by atoms with Gasteiger partial charge >= 0.3 is 5.97 Å². The van der Waals surface area contributed by atoms with Crippen molar-refractivity contribution in [2.45, 2.75) is 47.3 Å². The van der Waals surface area contributed by atoms with Crippen LogP contribution in [0.5, 0.6) is 17.2 Å². The molecule has 2 aromatic heterocycles. The molecule has 1 saturated heterocycles. The number of nitrogens with one attached hydrogen (secondary N) is 1. The molecule has 1 aliphatic heterocycles. The first kappa shape index (κ1) is 27.3.